The molecule has 122 valence electrons. The van der Waals surface area contributed by atoms with Gasteiger partial charge in [0.25, 0.3) is 5.22 Å². The summed E-state index contributed by atoms with van der Waals surface area (Å²) in [6.07, 6.45) is 0. The van der Waals surface area contributed by atoms with Crippen LogP contribution >= 0.6 is 11.8 Å². The van der Waals surface area contributed by atoms with Gasteiger partial charge in [0.2, 0.25) is 11.8 Å². The molecule has 1 amide bonds. The number of esters is 1. The number of thioether (sulfide) groups is 1. The van der Waals surface area contributed by atoms with Crippen LogP contribution in [-0.2, 0) is 14.3 Å². The van der Waals surface area contributed by atoms with E-state index in [0.29, 0.717) is 5.56 Å². The Hall–Kier alpha value is -2.42. The zero-order valence-corrected chi connectivity index (χ0v) is 13.1. The highest BCUT2D eigenvalue weighted by Gasteiger charge is 2.12. The molecule has 0 fully saturated rings. The number of amides is 1. The number of nitrogens with one attached hydrogen (secondary N) is 1. The van der Waals surface area contributed by atoms with Crippen LogP contribution in [0.5, 0.6) is 0 Å². The predicted molar refractivity (Wildman–Crippen MR) is 80.1 cm³/mol. The zero-order chi connectivity index (χ0) is 16.7. The summed E-state index contributed by atoms with van der Waals surface area (Å²) in [4.78, 5) is 22.7. The van der Waals surface area contributed by atoms with Gasteiger partial charge in [-0.3, -0.25) is 9.59 Å². The lowest BCUT2D eigenvalue weighted by atomic mass is 10.2. The molecule has 2 rings (SSSR count). The molecule has 0 spiro atoms. The van der Waals surface area contributed by atoms with Crippen molar-refractivity contribution in [3.8, 4) is 11.5 Å². The fraction of sp³-hybridized carbons (Fsp3) is 0.286. The molecule has 2 aromatic rings. The van der Waals surface area contributed by atoms with Gasteiger partial charge in [0, 0.05) is 5.56 Å². The van der Waals surface area contributed by atoms with Crippen molar-refractivity contribution >= 4 is 23.6 Å². The smallest absolute Gasteiger partial charge is 0.325 e. The topological polar surface area (TPSA) is 94.3 Å². The van der Waals surface area contributed by atoms with Crippen molar-refractivity contribution in [2.45, 2.75) is 12.1 Å². The van der Waals surface area contributed by atoms with E-state index >= 15 is 0 Å². The quantitative estimate of drug-likeness (QED) is 0.605. The minimum absolute atomic E-state index is 0.0183. The average molecular weight is 339 g/mol. The summed E-state index contributed by atoms with van der Waals surface area (Å²) in [6.45, 7) is 1.76. The highest BCUT2D eigenvalue weighted by molar-refractivity contribution is 7.99. The molecule has 0 aliphatic carbocycles. The van der Waals surface area contributed by atoms with Gasteiger partial charge in [0.05, 0.1) is 12.4 Å². The lowest BCUT2D eigenvalue weighted by molar-refractivity contribution is -0.143. The lowest BCUT2D eigenvalue weighted by Crippen LogP contribution is -2.31. The van der Waals surface area contributed by atoms with Gasteiger partial charge in [0.15, 0.2) is 0 Å². The van der Waals surface area contributed by atoms with Crippen molar-refractivity contribution in [1.82, 2.24) is 15.5 Å². The summed E-state index contributed by atoms with van der Waals surface area (Å²) in [5.74, 6) is -0.961. The summed E-state index contributed by atoms with van der Waals surface area (Å²) >= 11 is 1.03. The largest absolute Gasteiger partial charge is 0.465 e. The van der Waals surface area contributed by atoms with E-state index in [1.807, 2.05) is 0 Å². The molecule has 23 heavy (non-hydrogen) atoms. The number of carbonyl (C=O) groups excluding carboxylic acids is 2. The molecule has 1 aromatic heterocycles. The van der Waals surface area contributed by atoms with Crippen molar-refractivity contribution < 1.29 is 23.1 Å². The van der Waals surface area contributed by atoms with Gasteiger partial charge in [-0.25, -0.2) is 4.39 Å². The van der Waals surface area contributed by atoms with Crippen LogP contribution in [0.2, 0.25) is 0 Å². The van der Waals surface area contributed by atoms with E-state index in [-0.39, 0.29) is 41.7 Å². The molecule has 0 radical (unpaired) electrons. The van der Waals surface area contributed by atoms with E-state index in [0.717, 1.165) is 11.8 Å². The summed E-state index contributed by atoms with van der Waals surface area (Å²) in [5, 5.41) is 10.2. The van der Waals surface area contributed by atoms with Gasteiger partial charge >= 0.3 is 5.97 Å². The third kappa shape index (κ3) is 5.37. The number of ether oxygens (including phenoxy) is 1. The highest BCUT2D eigenvalue weighted by Crippen LogP contribution is 2.23. The highest BCUT2D eigenvalue weighted by atomic mass is 32.2. The first-order chi connectivity index (χ1) is 11.1. The molecule has 1 heterocycles. The third-order valence-corrected chi connectivity index (χ3v) is 3.38. The number of rotatable bonds is 7. The maximum atomic E-state index is 12.8. The zero-order valence-electron chi connectivity index (χ0n) is 12.2. The van der Waals surface area contributed by atoms with Gasteiger partial charge in [-0.1, -0.05) is 11.8 Å². The van der Waals surface area contributed by atoms with Crippen molar-refractivity contribution in [2.24, 2.45) is 0 Å². The Labute approximate surface area is 135 Å². The van der Waals surface area contributed by atoms with E-state index in [2.05, 4.69) is 20.3 Å². The third-order valence-electron chi connectivity index (χ3n) is 2.56. The summed E-state index contributed by atoms with van der Waals surface area (Å²) in [6, 6.07) is 5.61. The van der Waals surface area contributed by atoms with Crippen molar-refractivity contribution in [3.63, 3.8) is 0 Å². The Kier molecular flexibility index (Phi) is 6.10. The number of hydrogen-bond acceptors (Lipinski definition) is 7. The maximum Gasteiger partial charge on any atom is 0.325 e. The normalized spacial score (nSPS) is 10.3. The number of hydrogen-bond donors (Lipinski definition) is 1. The number of halogens is 1. The molecule has 0 saturated heterocycles. The Morgan fingerprint density at radius 2 is 2.04 bits per heavy atom. The molecule has 9 heteroatoms. The Morgan fingerprint density at radius 1 is 1.30 bits per heavy atom. The van der Waals surface area contributed by atoms with E-state index in [1.54, 1.807) is 6.92 Å². The van der Waals surface area contributed by atoms with Gasteiger partial charge < -0.3 is 14.5 Å². The molecule has 1 N–H and O–H groups in total. The second-order valence-electron chi connectivity index (χ2n) is 4.25. The van der Waals surface area contributed by atoms with Crippen LogP contribution in [0.25, 0.3) is 11.5 Å². The van der Waals surface area contributed by atoms with E-state index in [4.69, 9.17) is 4.42 Å². The number of aromatic nitrogens is 2. The number of carbonyl (C=O) groups is 2. The van der Waals surface area contributed by atoms with E-state index < -0.39 is 5.97 Å². The van der Waals surface area contributed by atoms with Gasteiger partial charge in [-0.05, 0) is 31.2 Å². The van der Waals surface area contributed by atoms with Crippen LogP contribution in [0.4, 0.5) is 4.39 Å². The lowest BCUT2D eigenvalue weighted by Gasteiger charge is -2.03. The van der Waals surface area contributed by atoms with Crippen LogP contribution in [0, 0.1) is 5.82 Å². The molecule has 1 aromatic carbocycles. The van der Waals surface area contributed by atoms with Gasteiger partial charge in [0.1, 0.15) is 12.4 Å². The monoisotopic (exact) mass is 339 g/mol. The fourth-order valence-electron chi connectivity index (χ4n) is 1.54. The molecule has 0 aliphatic rings. The van der Waals surface area contributed by atoms with Crippen molar-refractivity contribution in [3.05, 3.63) is 30.1 Å². The molecule has 0 saturated carbocycles. The van der Waals surface area contributed by atoms with Crippen molar-refractivity contribution in [1.29, 1.82) is 0 Å². The maximum absolute atomic E-state index is 12.8. The first-order valence-electron chi connectivity index (χ1n) is 6.73. The van der Waals surface area contributed by atoms with E-state index in [9.17, 15) is 14.0 Å². The van der Waals surface area contributed by atoms with Crippen LogP contribution in [0.3, 0.4) is 0 Å². The average Bonchev–Trinajstić information content (AvgIpc) is 3.01. The molecule has 0 aliphatic heterocycles. The van der Waals surface area contributed by atoms with Gasteiger partial charge in [-0.2, -0.15) is 0 Å². The SMILES string of the molecule is CCOC(=O)CNC(=O)CSc1nnc(-c2ccc(F)cc2)o1. The summed E-state index contributed by atoms with van der Waals surface area (Å²) in [5.41, 5.74) is 0.581. The Balaban J connectivity index is 1.81. The first kappa shape index (κ1) is 16.9. The second kappa shape index (κ2) is 8.28. The first-order valence-corrected chi connectivity index (χ1v) is 7.71. The molecular weight excluding hydrogens is 325 g/mol. The predicted octanol–water partition coefficient (Wildman–Crippen LogP) is 1.65. The number of nitrogens with zero attached hydrogens (tertiary/aromatic N) is 2. The Morgan fingerprint density at radius 3 is 2.74 bits per heavy atom. The molecule has 0 bridgehead atoms. The van der Waals surface area contributed by atoms with Crippen molar-refractivity contribution in [2.75, 3.05) is 18.9 Å². The summed E-state index contributed by atoms with van der Waals surface area (Å²) < 4.78 is 22.9. The summed E-state index contributed by atoms with van der Waals surface area (Å²) in [7, 11) is 0. The van der Waals surface area contributed by atoms with Crippen LogP contribution in [-0.4, -0.2) is 41.0 Å². The van der Waals surface area contributed by atoms with Crippen LogP contribution < -0.4 is 5.32 Å². The molecule has 7 nitrogen and oxygen atoms in total. The molecular formula is C14H14FN3O4S. The van der Waals surface area contributed by atoms with E-state index in [1.165, 1.54) is 24.3 Å². The Bertz CT molecular complexity index is 675. The molecule has 0 unspecified atom stereocenters. The standard InChI is InChI=1S/C14H14FN3O4S/c1-2-21-12(20)7-16-11(19)8-23-14-18-17-13(22-14)9-3-5-10(15)6-4-9/h3-6H,2,7-8H2,1H3,(H,16,19). The second-order valence-corrected chi connectivity index (χ2v) is 5.18. The van der Waals surface area contributed by atoms with Crippen LogP contribution in [0.1, 0.15) is 6.92 Å². The fourth-order valence-corrected chi connectivity index (χ4v) is 2.13. The molecule has 0 atom stereocenters. The minimum atomic E-state index is -0.498. The minimum Gasteiger partial charge on any atom is -0.465 e. The number of benzene rings is 1. The van der Waals surface area contributed by atoms with Gasteiger partial charge in [-0.15, -0.1) is 10.2 Å². The van der Waals surface area contributed by atoms with Crippen LogP contribution in [0.15, 0.2) is 33.9 Å².